The minimum absolute atomic E-state index is 0.816. The lowest BCUT2D eigenvalue weighted by Gasteiger charge is -2.31. The molecule has 4 nitrogen and oxygen atoms in total. The summed E-state index contributed by atoms with van der Waals surface area (Å²) in [5.41, 5.74) is 26.4. The van der Waals surface area contributed by atoms with Gasteiger partial charge >= 0.3 is 0 Å². The van der Waals surface area contributed by atoms with E-state index in [0.717, 1.165) is 22.7 Å². The Bertz CT molecular complexity index is 1140. The van der Waals surface area contributed by atoms with E-state index in [-0.39, 0.29) is 0 Å². The van der Waals surface area contributed by atoms with Crippen LogP contribution in [0, 0.1) is 0 Å². The largest absolute Gasteiger partial charge is 0.399 e. The van der Waals surface area contributed by atoms with Crippen LogP contribution in [0.1, 0.15) is 13.8 Å². The van der Waals surface area contributed by atoms with Gasteiger partial charge in [0.15, 0.2) is 0 Å². The predicted molar refractivity (Wildman–Crippen MR) is 166 cm³/mol. The van der Waals surface area contributed by atoms with Crippen LogP contribution in [0.4, 0.5) is 22.7 Å². The van der Waals surface area contributed by atoms with Gasteiger partial charge in [0.05, 0.1) is 0 Å². The molecule has 0 aromatic heterocycles. The summed E-state index contributed by atoms with van der Waals surface area (Å²) in [4.78, 5) is 0. The third-order valence-electron chi connectivity index (χ3n) is 7.40. The summed E-state index contributed by atoms with van der Waals surface area (Å²) in [7, 11) is -3.27. The topological polar surface area (TPSA) is 104 Å². The Morgan fingerprint density at radius 3 is 0.861 bits per heavy atom. The Hall–Kier alpha value is -3.49. The van der Waals surface area contributed by atoms with Crippen LogP contribution in [0.5, 0.6) is 0 Å². The van der Waals surface area contributed by atoms with Crippen molar-refractivity contribution in [3.8, 4) is 0 Å². The highest BCUT2D eigenvalue weighted by Gasteiger charge is 2.33. The molecule has 8 N–H and O–H groups in total. The summed E-state index contributed by atoms with van der Waals surface area (Å²) in [6.07, 6.45) is 0. The first-order valence-electron chi connectivity index (χ1n) is 12.6. The minimum Gasteiger partial charge on any atom is -0.399 e. The van der Waals surface area contributed by atoms with Crippen molar-refractivity contribution >= 4 is 59.6 Å². The fraction of sp³-hybridized carbons (Fsp3) is 0.200. The van der Waals surface area contributed by atoms with Crippen molar-refractivity contribution in [2.24, 2.45) is 0 Å². The van der Waals surface area contributed by atoms with Gasteiger partial charge in [0.1, 0.15) is 16.1 Å². The summed E-state index contributed by atoms with van der Waals surface area (Å²) in [5.74, 6) is 0. The molecule has 0 spiro atoms. The fourth-order valence-corrected chi connectivity index (χ4v) is 11.2. The molecule has 0 atom stereocenters. The Balaban J connectivity index is 0.000000202. The number of nitrogens with two attached hydrogens (primary N) is 4. The smallest absolute Gasteiger partial charge is 0.117 e. The first kappa shape index (κ1) is 27.1. The number of hydrogen-bond acceptors (Lipinski definition) is 4. The molecule has 0 amide bonds. The van der Waals surface area contributed by atoms with E-state index in [9.17, 15) is 0 Å². The van der Waals surface area contributed by atoms with Crippen LogP contribution in [-0.4, -0.2) is 16.1 Å². The summed E-state index contributed by atoms with van der Waals surface area (Å²) in [5, 5.41) is 5.68. The molecule has 188 valence electrons. The molecule has 0 aliphatic heterocycles. The Morgan fingerprint density at radius 2 is 0.639 bits per heavy atom. The standard InChI is InChI=1S/C16H22N2Si.C14H18N2Si/c1-3-19(4-2,15-9-5-13(17)6-10-15)16-11-7-14(18)8-12-16;1-17(2,13-7-3-11(15)4-8-13)14-9-5-12(16)6-10-14/h5-12H,3-4,17-18H2,1-2H3;3-10H,15-16H2,1-2H3. The summed E-state index contributed by atoms with van der Waals surface area (Å²) >= 11 is 0. The van der Waals surface area contributed by atoms with Crippen LogP contribution in [0.3, 0.4) is 0 Å². The van der Waals surface area contributed by atoms with Gasteiger partial charge in [-0.3, -0.25) is 0 Å². The summed E-state index contributed by atoms with van der Waals surface area (Å²) < 4.78 is 0. The van der Waals surface area contributed by atoms with E-state index < -0.39 is 16.1 Å². The zero-order chi connectivity index (χ0) is 26.3. The Labute approximate surface area is 218 Å². The number of hydrogen-bond donors (Lipinski definition) is 4. The first-order chi connectivity index (χ1) is 17.1. The second-order valence-corrected chi connectivity index (χ2v) is 19.0. The van der Waals surface area contributed by atoms with Crippen LogP contribution in [0.15, 0.2) is 97.1 Å². The molecule has 0 heterocycles. The summed E-state index contributed by atoms with van der Waals surface area (Å²) in [6.45, 7) is 9.26. The van der Waals surface area contributed by atoms with Crippen molar-refractivity contribution in [3.63, 3.8) is 0 Å². The van der Waals surface area contributed by atoms with Crippen molar-refractivity contribution < 1.29 is 0 Å². The van der Waals surface area contributed by atoms with Crippen LogP contribution < -0.4 is 43.7 Å². The molecule has 0 bridgehead atoms. The number of anilines is 4. The van der Waals surface area contributed by atoms with Gasteiger partial charge in [-0.05, 0) is 48.5 Å². The molecule has 36 heavy (non-hydrogen) atoms. The molecule has 0 fully saturated rings. The highest BCUT2D eigenvalue weighted by Crippen LogP contribution is 2.17. The van der Waals surface area contributed by atoms with Gasteiger partial charge in [-0.2, -0.15) is 0 Å². The van der Waals surface area contributed by atoms with E-state index in [1.54, 1.807) is 0 Å². The van der Waals surface area contributed by atoms with Gasteiger partial charge in [0.2, 0.25) is 0 Å². The molecule has 4 rings (SSSR count). The van der Waals surface area contributed by atoms with Gasteiger partial charge in [-0.1, -0.05) is 108 Å². The van der Waals surface area contributed by atoms with E-state index in [2.05, 4.69) is 75.5 Å². The Morgan fingerprint density at radius 1 is 0.417 bits per heavy atom. The molecule has 0 radical (unpaired) electrons. The lowest BCUT2D eigenvalue weighted by Crippen LogP contribution is -2.57. The zero-order valence-corrected chi connectivity index (χ0v) is 24.0. The maximum Gasteiger partial charge on any atom is 0.117 e. The Kier molecular flexibility index (Phi) is 8.66. The van der Waals surface area contributed by atoms with Gasteiger partial charge in [-0.25, -0.2) is 0 Å². The SMILES string of the molecule is CC[Si](CC)(c1ccc(N)cc1)c1ccc(N)cc1.C[Si](C)(c1ccc(N)cc1)c1ccc(N)cc1. The quantitative estimate of drug-likeness (QED) is 0.230. The van der Waals surface area contributed by atoms with Crippen molar-refractivity contribution in [2.45, 2.75) is 39.0 Å². The molecule has 0 saturated carbocycles. The van der Waals surface area contributed by atoms with E-state index in [1.165, 1.54) is 32.8 Å². The fourth-order valence-electron chi connectivity index (χ4n) is 4.80. The average molecular weight is 513 g/mol. The molecule has 4 aromatic carbocycles. The highest BCUT2D eigenvalue weighted by molar-refractivity contribution is 7.02. The molecule has 4 aromatic rings. The third-order valence-corrected chi connectivity index (χ3v) is 16.2. The molecule has 0 saturated heterocycles. The van der Waals surface area contributed by atoms with E-state index >= 15 is 0 Å². The van der Waals surface area contributed by atoms with Crippen LogP contribution in [-0.2, 0) is 0 Å². The predicted octanol–water partition coefficient (Wildman–Crippen LogP) is 4.13. The lowest BCUT2D eigenvalue weighted by atomic mass is 10.3. The molecular formula is C30H40N4Si2. The van der Waals surface area contributed by atoms with Gasteiger partial charge < -0.3 is 22.9 Å². The highest BCUT2D eigenvalue weighted by atomic mass is 28.3. The molecule has 6 heteroatoms. The summed E-state index contributed by atoms with van der Waals surface area (Å²) in [6, 6.07) is 35.7. The molecular weight excluding hydrogens is 473 g/mol. The van der Waals surface area contributed by atoms with Crippen molar-refractivity contribution in [1.82, 2.24) is 0 Å². The number of benzene rings is 4. The van der Waals surface area contributed by atoms with E-state index in [4.69, 9.17) is 22.9 Å². The maximum atomic E-state index is 5.81. The molecule has 0 aliphatic rings. The minimum atomic E-state index is -1.65. The van der Waals surface area contributed by atoms with Crippen molar-refractivity contribution in [1.29, 1.82) is 0 Å². The second-order valence-electron chi connectivity index (χ2n) is 9.90. The third kappa shape index (κ3) is 6.01. The first-order valence-corrected chi connectivity index (χ1v) is 18.0. The number of rotatable bonds is 6. The van der Waals surface area contributed by atoms with Crippen LogP contribution in [0.25, 0.3) is 0 Å². The monoisotopic (exact) mass is 512 g/mol. The molecule has 0 aliphatic carbocycles. The van der Waals surface area contributed by atoms with Gasteiger partial charge in [0.25, 0.3) is 0 Å². The van der Waals surface area contributed by atoms with Gasteiger partial charge in [-0.15, -0.1) is 0 Å². The average Bonchev–Trinajstić information content (AvgIpc) is 2.88. The normalized spacial score (nSPS) is 11.4. The number of nitrogen functional groups attached to an aromatic ring is 4. The lowest BCUT2D eigenvalue weighted by molar-refractivity contribution is 1.29. The molecule has 0 unspecified atom stereocenters. The van der Waals surface area contributed by atoms with Crippen LogP contribution >= 0.6 is 0 Å². The zero-order valence-electron chi connectivity index (χ0n) is 22.0. The van der Waals surface area contributed by atoms with Crippen molar-refractivity contribution in [3.05, 3.63) is 97.1 Å². The van der Waals surface area contributed by atoms with Crippen LogP contribution in [0.2, 0.25) is 25.2 Å². The van der Waals surface area contributed by atoms with Gasteiger partial charge in [0, 0.05) is 22.7 Å². The van der Waals surface area contributed by atoms with Crippen molar-refractivity contribution in [2.75, 3.05) is 22.9 Å². The van der Waals surface area contributed by atoms with E-state index in [0.29, 0.717) is 0 Å². The second kappa shape index (κ2) is 11.5. The maximum absolute atomic E-state index is 5.81. The van der Waals surface area contributed by atoms with E-state index in [1.807, 2.05) is 48.5 Å².